The Kier molecular flexibility index (Phi) is 4.30. The third kappa shape index (κ3) is 3.25. The van der Waals surface area contributed by atoms with Crippen LogP contribution in [0, 0.1) is 13.8 Å². The first-order valence-electron chi connectivity index (χ1n) is 8.11. The molecule has 0 spiro atoms. The average molecular weight is 364 g/mol. The van der Waals surface area contributed by atoms with Gasteiger partial charge < -0.3 is 4.42 Å². The fourth-order valence-corrected chi connectivity index (χ4v) is 3.25. The first-order chi connectivity index (χ1) is 12.6. The minimum absolute atomic E-state index is 0.0971. The van der Waals surface area contributed by atoms with Gasteiger partial charge in [-0.3, -0.25) is 9.20 Å². The van der Waals surface area contributed by atoms with Crippen molar-refractivity contribution in [1.29, 1.82) is 0 Å². The molecule has 0 N–H and O–H groups in total. The predicted molar refractivity (Wildman–Crippen MR) is 100 cm³/mol. The summed E-state index contributed by atoms with van der Waals surface area (Å²) in [4.78, 5) is 16.8. The van der Waals surface area contributed by atoms with Crippen LogP contribution in [-0.4, -0.2) is 19.6 Å². The molecule has 0 aliphatic rings. The lowest BCUT2D eigenvalue weighted by Gasteiger charge is -2.05. The van der Waals surface area contributed by atoms with E-state index in [0.29, 0.717) is 28.2 Å². The van der Waals surface area contributed by atoms with Gasteiger partial charge in [0.15, 0.2) is 0 Å². The highest BCUT2D eigenvalue weighted by molar-refractivity contribution is 7.98. The maximum absolute atomic E-state index is 12.2. The standard InChI is InChI=1S/C19H16N4O2S/c1-12-5-7-14(8-6-12)18-21-22-19(25-18)26-11-15-10-16(24)23-9-3-4-13(2)17(23)20-15/h3-10H,11H2,1-2H3. The van der Waals surface area contributed by atoms with Crippen LogP contribution in [0.1, 0.15) is 16.8 Å². The van der Waals surface area contributed by atoms with E-state index in [9.17, 15) is 4.79 Å². The molecule has 1 aromatic carbocycles. The zero-order valence-electron chi connectivity index (χ0n) is 14.3. The number of aryl methyl sites for hydroxylation is 2. The molecule has 4 rings (SSSR count). The van der Waals surface area contributed by atoms with Crippen molar-refractivity contribution < 1.29 is 4.42 Å². The van der Waals surface area contributed by atoms with Gasteiger partial charge >= 0.3 is 0 Å². The second-order valence-electron chi connectivity index (χ2n) is 6.00. The van der Waals surface area contributed by atoms with Crippen molar-refractivity contribution in [3.8, 4) is 11.5 Å². The fourth-order valence-electron chi connectivity index (χ4n) is 2.60. The van der Waals surface area contributed by atoms with Gasteiger partial charge in [-0.05, 0) is 37.6 Å². The summed E-state index contributed by atoms with van der Waals surface area (Å²) in [7, 11) is 0. The molecule has 0 saturated carbocycles. The lowest BCUT2D eigenvalue weighted by Crippen LogP contribution is -2.15. The number of fused-ring (bicyclic) bond motifs is 1. The number of benzene rings is 1. The van der Waals surface area contributed by atoms with Crippen molar-refractivity contribution in [1.82, 2.24) is 19.6 Å². The lowest BCUT2D eigenvalue weighted by molar-refractivity contribution is 0.466. The largest absolute Gasteiger partial charge is 0.411 e. The molecule has 0 amide bonds. The fraction of sp³-hybridized carbons (Fsp3) is 0.158. The Labute approximate surface area is 153 Å². The van der Waals surface area contributed by atoms with Crippen LogP contribution in [0.5, 0.6) is 0 Å². The zero-order valence-corrected chi connectivity index (χ0v) is 15.2. The molecule has 7 heteroatoms. The topological polar surface area (TPSA) is 73.3 Å². The third-order valence-corrected chi connectivity index (χ3v) is 4.84. The van der Waals surface area contributed by atoms with E-state index in [-0.39, 0.29) is 5.56 Å². The van der Waals surface area contributed by atoms with Gasteiger partial charge in [-0.1, -0.05) is 35.5 Å². The number of aromatic nitrogens is 4. The van der Waals surface area contributed by atoms with Crippen LogP contribution in [0.2, 0.25) is 0 Å². The predicted octanol–water partition coefficient (Wildman–Crippen LogP) is 3.65. The van der Waals surface area contributed by atoms with Gasteiger partial charge in [0.25, 0.3) is 10.8 Å². The summed E-state index contributed by atoms with van der Waals surface area (Å²) in [5.74, 6) is 0.963. The SMILES string of the molecule is Cc1ccc(-c2nnc(SCc3cc(=O)n4cccc(C)c4n3)o2)cc1. The Morgan fingerprint density at radius 2 is 1.92 bits per heavy atom. The molecule has 3 heterocycles. The molecule has 0 fully saturated rings. The quantitative estimate of drug-likeness (QED) is 0.515. The minimum Gasteiger partial charge on any atom is -0.411 e. The van der Waals surface area contributed by atoms with Crippen molar-refractivity contribution in [2.75, 3.05) is 0 Å². The molecule has 0 radical (unpaired) electrons. The number of hydrogen-bond donors (Lipinski definition) is 0. The van der Waals surface area contributed by atoms with Crippen LogP contribution in [0.4, 0.5) is 0 Å². The average Bonchev–Trinajstić information content (AvgIpc) is 3.10. The van der Waals surface area contributed by atoms with E-state index >= 15 is 0 Å². The van der Waals surface area contributed by atoms with Crippen LogP contribution in [0.15, 0.2) is 63.1 Å². The van der Waals surface area contributed by atoms with Crippen LogP contribution >= 0.6 is 11.8 Å². The second-order valence-corrected chi connectivity index (χ2v) is 6.92. The number of rotatable bonds is 4. The molecule has 26 heavy (non-hydrogen) atoms. The molecule has 0 aliphatic heterocycles. The minimum atomic E-state index is -0.0971. The molecule has 130 valence electrons. The molecule has 0 unspecified atom stereocenters. The summed E-state index contributed by atoms with van der Waals surface area (Å²) in [5.41, 5.74) is 4.27. The first kappa shape index (κ1) is 16.5. The molecule has 3 aromatic heterocycles. The van der Waals surface area contributed by atoms with E-state index in [1.54, 1.807) is 10.6 Å². The number of nitrogens with zero attached hydrogens (tertiary/aromatic N) is 4. The molecule has 0 atom stereocenters. The number of hydrogen-bond acceptors (Lipinski definition) is 6. The van der Waals surface area contributed by atoms with E-state index in [4.69, 9.17) is 4.42 Å². The Hall–Kier alpha value is -2.93. The summed E-state index contributed by atoms with van der Waals surface area (Å²) >= 11 is 1.36. The maximum atomic E-state index is 12.2. The number of pyridine rings is 1. The highest BCUT2D eigenvalue weighted by atomic mass is 32.2. The lowest BCUT2D eigenvalue weighted by atomic mass is 10.1. The van der Waals surface area contributed by atoms with Gasteiger partial charge in [0.2, 0.25) is 5.89 Å². The Morgan fingerprint density at radius 3 is 2.73 bits per heavy atom. The van der Waals surface area contributed by atoms with Crippen molar-refractivity contribution in [3.05, 3.63) is 75.8 Å². The van der Waals surface area contributed by atoms with Crippen LogP contribution in [0.3, 0.4) is 0 Å². The zero-order chi connectivity index (χ0) is 18.1. The normalized spacial score (nSPS) is 11.2. The second kappa shape index (κ2) is 6.76. The molecular formula is C19H16N4O2S. The van der Waals surface area contributed by atoms with E-state index in [0.717, 1.165) is 11.1 Å². The van der Waals surface area contributed by atoms with Gasteiger partial charge in [-0.15, -0.1) is 10.2 Å². The first-order valence-corrected chi connectivity index (χ1v) is 9.10. The summed E-state index contributed by atoms with van der Waals surface area (Å²) in [6, 6.07) is 13.2. The van der Waals surface area contributed by atoms with Crippen molar-refractivity contribution in [2.24, 2.45) is 0 Å². The van der Waals surface area contributed by atoms with Gasteiger partial charge in [-0.2, -0.15) is 0 Å². The summed E-state index contributed by atoms with van der Waals surface area (Å²) < 4.78 is 7.25. The van der Waals surface area contributed by atoms with Crippen molar-refractivity contribution in [3.63, 3.8) is 0 Å². The van der Waals surface area contributed by atoms with Gasteiger partial charge in [0.05, 0.1) is 5.69 Å². The highest BCUT2D eigenvalue weighted by Gasteiger charge is 2.11. The summed E-state index contributed by atoms with van der Waals surface area (Å²) in [5, 5.41) is 8.61. The van der Waals surface area contributed by atoms with E-state index in [1.165, 1.54) is 23.4 Å². The van der Waals surface area contributed by atoms with Crippen LogP contribution < -0.4 is 5.56 Å². The van der Waals surface area contributed by atoms with E-state index in [1.807, 2.05) is 50.2 Å². The molecule has 0 saturated heterocycles. The third-order valence-electron chi connectivity index (χ3n) is 3.99. The van der Waals surface area contributed by atoms with Gasteiger partial charge in [0.1, 0.15) is 5.65 Å². The van der Waals surface area contributed by atoms with Crippen molar-refractivity contribution in [2.45, 2.75) is 24.8 Å². The molecular weight excluding hydrogens is 348 g/mol. The highest BCUT2D eigenvalue weighted by Crippen LogP contribution is 2.25. The smallest absolute Gasteiger partial charge is 0.277 e. The molecule has 0 bridgehead atoms. The Balaban J connectivity index is 1.54. The van der Waals surface area contributed by atoms with Gasteiger partial charge in [-0.25, -0.2) is 4.98 Å². The molecule has 4 aromatic rings. The Morgan fingerprint density at radius 1 is 1.12 bits per heavy atom. The van der Waals surface area contributed by atoms with Gasteiger partial charge in [0, 0.05) is 23.6 Å². The summed E-state index contributed by atoms with van der Waals surface area (Å²) in [6.07, 6.45) is 1.72. The van der Waals surface area contributed by atoms with Crippen LogP contribution in [0.25, 0.3) is 17.1 Å². The number of thioether (sulfide) groups is 1. The molecule has 0 aliphatic carbocycles. The van der Waals surface area contributed by atoms with Crippen molar-refractivity contribution >= 4 is 17.4 Å². The van der Waals surface area contributed by atoms with E-state index < -0.39 is 0 Å². The van der Waals surface area contributed by atoms with E-state index in [2.05, 4.69) is 15.2 Å². The summed E-state index contributed by atoms with van der Waals surface area (Å²) in [6.45, 7) is 3.96. The monoisotopic (exact) mass is 364 g/mol. The van der Waals surface area contributed by atoms with Crippen LogP contribution in [-0.2, 0) is 5.75 Å². The molecule has 6 nitrogen and oxygen atoms in total. The Bertz CT molecular complexity index is 1130. The maximum Gasteiger partial charge on any atom is 0.277 e.